The van der Waals surface area contributed by atoms with Crippen molar-refractivity contribution in [1.82, 2.24) is 20.4 Å². The minimum absolute atomic E-state index is 0.0414. The fourth-order valence-corrected chi connectivity index (χ4v) is 2.95. The summed E-state index contributed by atoms with van der Waals surface area (Å²) in [5.74, 6) is -0.439. The van der Waals surface area contributed by atoms with E-state index in [2.05, 4.69) is 20.4 Å². The molecule has 6 heteroatoms. The fourth-order valence-electron chi connectivity index (χ4n) is 2.95. The van der Waals surface area contributed by atoms with E-state index in [1.165, 1.54) is 0 Å². The topological polar surface area (TPSA) is 97.6 Å². The third kappa shape index (κ3) is 2.74. The Morgan fingerprint density at radius 3 is 2.20 bits per heavy atom. The predicted octanol–water partition coefficient (Wildman–Crippen LogP) is 2.71. The highest BCUT2D eigenvalue weighted by Crippen LogP contribution is 2.36. The molecule has 1 amide bonds. The van der Waals surface area contributed by atoms with Crippen LogP contribution in [0.2, 0.25) is 0 Å². The number of benzene rings is 2. The van der Waals surface area contributed by atoms with E-state index in [0.717, 1.165) is 27.8 Å². The number of aromatic amines is 1. The van der Waals surface area contributed by atoms with Gasteiger partial charge in [-0.2, -0.15) is 5.10 Å². The summed E-state index contributed by atoms with van der Waals surface area (Å²) in [7, 11) is 0. The molecule has 0 bridgehead atoms. The molecule has 0 fully saturated rings. The van der Waals surface area contributed by atoms with Crippen molar-refractivity contribution >= 4 is 16.9 Å². The molecule has 0 saturated carbocycles. The Labute approximate surface area is 143 Å². The maximum Gasteiger partial charge on any atom is 0.223 e. The van der Waals surface area contributed by atoms with Gasteiger partial charge in [-0.3, -0.25) is 9.89 Å². The van der Waals surface area contributed by atoms with Gasteiger partial charge in [-0.05, 0) is 5.56 Å². The number of nitrogens with one attached hydrogen (secondary N) is 1. The monoisotopic (exact) mass is 329 g/mol. The lowest BCUT2D eigenvalue weighted by Crippen LogP contribution is -2.14. The van der Waals surface area contributed by atoms with Crippen LogP contribution < -0.4 is 5.73 Å². The Bertz CT molecular complexity index is 1040. The van der Waals surface area contributed by atoms with Crippen molar-refractivity contribution in [3.05, 3.63) is 66.4 Å². The number of primary amides is 1. The lowest BCUT2D eigenvalue weighted by Gasteiger charge is -2.10. The summed E-state index contributed by atoms with van der Waals surface area (Å²) in [6.07, 6.45) is 0.0414. The molecule has 0 saturated heterocycles. The molecule has 122 valence electrons. The average Bonchev–Trinajstić information content (AvgIpc) is 3.05. The molecule has 0 atom stereocenters. The highest BCUT2D eigenvalue weighted by atomic mass is 16.1. The average molecular weight is 329 g/mol. The zero-order valence-corrected chi connectivity index (χ0v) is 13.3. The van der Waals surface area contributed by atoms with E-state index in [4.69, 9.17) is 5.73 Å². The largest absolute Gasteiger partial charge is 0.369 e. The zero-order chi connectivity index (χ0) is 17.2. The van der Waals surface area contributed by atoms with Crippen LogP contribution in [0, 0.1) is 0 Å². The predicted molar refractivity (Wildman–Crippen MR) is 95.5 cm³/mol. The molecule has 3 N–H and O–H groups in total. The number of amides is 1. The minimum Gasteiger partial charge on any atom is -0.369 e. The first kappa shape index (κ1) is 15.0. The number of nitrogens with zero attached hydrogens (tertiary/aromatic N) is 3. The van der Waals surface area contributed by atoms with Crippen LogP contribution in [0.4, 0.5) is 0 Å². The van der Waals surface area contributed by atoms with Gasteiger partial charge >= 0.3 is 0 Å². The van der Waals surface area contributed by atoms with Crippen LogP contribution in [0.3, 0.4) is 0 Å². The lowest BCUT2D eigenvalue weighted by atomic mass is 9.96. The molecule has 2 heterocycles. The summed E-state index contributed by atoms with van der Waals surface area (Å²) in [4.78, 5) is 11.4. The number of nitrogens with two attached hydrogens (primary N) is 1. The number of rotatable bonds is 4. The molecule has 25 heavy (non-hydrogen) atoms. The number of fused-ring (bicyclic) bond motifs is 1. The zero-order valence-electron chi connectivity index (χ0n) is 13.3. The second-order valence-corrected chi connectivity index (χ2v) is 5.69. The summed E-state index contributed by atoms with van der Waals surface area (Å²) in [5.41, 5.74) is 10.1. The van der Waals surface area contributed by atoms with Crippen molar-refractivity contribution in [3.8, 4) is 22.4 Å². The Kier molecular flexibility index (Phi) is 3.70. The minimum atomic E-state index is -0.439. The smallest absolute Gasteiger partial charge is 0.223 e. The van der Waals surface area contributed by atoms with E-state index in [1.54, 1.807) is 0 Å². The van der Waals surface area contributed by atoms with Gasteiger partial charge in [0.15, 0.2) is 5.65 Å². The molecule has 4 rings (SSSR count). The van der Waals surface area contributed by atoms with Crippen molar-refractivity contribution in [3.63, 3.8) is 0 Å². The van der Waals surface area contributed by atoms with E-state index < -0.39 is 5.91 Å². The standard InChI is InChI=1S/C19H15N5O/c20-15(25)11-14-17-16(12-7-3-1-4-8-12)18(13-9-5-2-6-10-13)22-24-19(17)23-21-14/h1-10H,11H2,(H2,20,25)(H,21,23,24). The molecule has 2 aromatic heterocycles. The first-order chi connectivity index (χ1) is 12.2. The molecule has 0 spiro atoms. The molecule has 0 aliphatic heterocycles. The number of carbonyl (C=O) groups excluding carboxylic acids is 1. The molecule has 2 aromatic carbocycles. The summed E-state index contributed by atoms with van der Waals surface area (Å²) in [6.45, 7) is 0. The lowest BCUT2D eigenvalue weighted by molar-refractivity contribution is -0.117. The highest BCUT2D eigenvalue weighted by molar-refractivity contribution is 6.02. The first-order valence-electron chi connectivity index (χ1n) is 7.87. The number of hydrogen-bond donors (Lipinski definition) is 2. The maximum atomic E-state index is 11.4. The van der Waals surface area contributed by atoms with E-state index in [0.29, 0.717) is 11.3 Å². The first-order valence-corrected chi connectivity index (χ1v) is 7.87. The van der Waals surface area contributed by atoms with Crippen molar-refractivity contribution in [2.24, 2.45) is 5.73 Å². The number of hydrogen-bond acceptors (Lipinski definition) is 4. The quantitative estimate of drug-likeness (QED) is 0.601. The highest BCUT2D eigenvalue weighted by Gasteiger charge is 2.20. The summed E-state index contributed by atoms with van der Waals surface area (Å²) in [6, 6.07) is 19.7. The molecule has 0 aliphatic carbocycles. The van der Waals surface area contributed by atoms with Crippen LogP contribution in [-0.4, -0.2) is 26.3 Å². The summed E-state index contributed by atoms with van der Waals surface area (Å²) >= 11 is 0. The van der Waals surface area contributed by atoms with Crippen LogP contribution >= 0.6 is 0 Å². The van der Waals surface area contributed by atoms with Gasteiger partial charge in [0.05, 0.1) is 17.5 Å². The fraction of sp³-hybridized carbons (Fsp3) is 0.0526. The molecular weight excluding hydrogens is 314 g/mol. The van der Waals surface area contributed by atoms with Crippen molar-refractivity contribution in [2.75, 3.05) is 0 Å². The van der Waals surface area contributed by atoms with E-state index >= 15 is 0 Å². The molecule has 4 aromatic rings. The molecule has 0 unspecified atom stereocenters. The van der Waals surface area contributed by atoms with Gasteiger partial charge in [0.25, 0.3) is 0 Å². The Hall–Kier alpha value is -3.54. The van der Waals surface area contributed by atoms with Crippen LogP contribution in [0.25, 0.3) is 33.4 Å². The van der Waals surface area contributed by atoms with Crippen molar-refractivity contribution in [2.45, 2.75) is 6.42 Å². The Morgan fingerprint density at radius 2 is 1.56 bits per heavy atom. The van der Waals surface area contributed by atoms with Gasteiger partial charge < -0.3 is 5.73 Å². The second kappa shape index (κ2) is 6.16. The summed E-state index contributed by atoms with van der Waals surface area (Å²) < 4.78 is 0. The van der Waals surface area contributed by atoms with Crippen LogP contribution in [0.5, 0.6) is 0 Å². The van der Waals surface area contributed by atoms with Gasteiger partial charge in [0.2, 0.25) is 5.91 Å². The number of H-pyrrole nitrogens is 1. The molecule has 6 nitrogen and oxygen atoms in total. The summed E-state index contributed by atoms with van der Waals surface area (Å²) in [5, 5.41) is 16.5. The number of carbonyl (C=O) groups is 1. The third-order valence-corrected chi connectivity index (χ3v) is 4.01. The third-order valence-electron chi connectivity index (χ3n) is 4.01. The SMILES string of the molecule is NC(=O)Cc1n[nH]c2nnc(-c3ccccc3)c(-c3ccccc3)c12. The Balaban J connectivity index is 2.07. The second-order valence-electron chi connectivity index (χ2n) is 5.69. The normalized spacial score (nSPS) is 10.9. The van der Waals surface area contributed by atoms with E-state index in [-0.39, 0.29) is 6.42 Å². The Morgan fingerprint density at radius 1 is 0.920 bits per heavy atom. The van der Waals surface area contributed by atoms with E-state index in [9.17, 15) is 4.79 Å². The van der Waals surface area contributed by atoms with Gasteiger partial charge in [-0.1, -0.05) is 60.7 Å². The van der Waals surface area contributed by atoms with Crippen molar-refractivity contribution < 1.29 is 4.79 Å². The van der Waals surface area contributed by atoms with Gasteiger partial charge in [-0.15, -0.1) is 10.2 Å². The molecular formula is C19H15N5O. The van der Waals surface area contributed by atoms with Gasteiger partial charge in [0.1, 0.15) is 5.69 Å². The van der Waals surface area contributed by atoms with Crippen molar-refractivity contribution in [1.29, 1.82) is 0 Å². The molecule has 0 aliphatic rings. The van der Waals surface area contributed by atoms with Crippen LogP contribution in [-0.2, 0) is 11.2 Å². The van der Waals surface area contributed by atoms with Crippen LogP contribution in [0.1, 0.15) is 5.69 Å². The van der Waals surface area contributed by atoms with Gasteiger partial charge in [-0.25, -0.2) is 0 Å². The maximum absolute atomic E-state index is 11.4. The van der Waals surface area contributed by atoms with Crippen LogP contribution in [0.15, 0.2) is 60.7 Å². The van der Waals surface area contributed by atoms with E-state index in [1.807, 2.05) is 60.7 Å². The molecule has 0 radical (unpaired) electrons. The van der Waals surface area contributed by atoms with Gasteiger partial charge in [0, 0.05) is 11.1 Å². The number of aromatic nitrogens is 4.